The fraction of sp³-hybridized carbons (Fsp3) is 0.686. The molecule has 0 aromatic rings. The molecule has 0 bridgehead atoms. The van der Waals surface area contributed by atoms with Gasteiger partial charge in [-0.25, -0.2) is 0 Å². The molecule has 342 valence electrons. The lowest BCUT2D eigenvalue weighted by molar-refractivity contribution is -0.137. The number of rotatable bonds is 35. The van der Waals surface area contributed by atoms with E-state index in [4.69, 9.17) is 28.4 Å². The Bertz CT molecular complexity index is 1330. The Labute approximate surface area is 360 Å². The number of nitrogens with one attached hydrogen (secondary N) is 7. The van der Waals surface area contributed by atoms with Crippen LogP contribution in [0.3, 0.4) is 0 Å². The highest BCUT2D eigenvalue weighted by Crippen LogP contribution is 2.03. The van der Waals surface area contributed by atoms with Gasteiger partial charge in [0.1, 0.15) is 19.8 Å². The van der Waals surface area contributed by atoms with Gasteiger partial charge >= 0.3 is 0 Å². The zero-order valence-electron chi connectivity index (χ0n) is 33.9. The van der Waals surface area contributed by atoms with E-state index in [2.05, 4.69) is 62.5 Å². The Hall–Kier alpha value is -4.37. The van der Waals surface area contributed by atoms with Crippen LogP contribution < -0.4 is 37.2 Å². The molecule has 0 aromatic carbocycles. The summed E-state index contributed by atoms with van der Waals surface area (Å²) in [6, 6.07) is 0. The van der Waals surface area contributed by atoms with Crippen molar-refractivity contribution in [2.75, 3.05) is 130 Å². The summed E-state index contributed by atoms with van der Waals surface area (Å²) in [7, 11) is 0. The molecule has 0 aliphatic carbocycles. The molecular formula is C35H60N8O15S2. The van der Waals surface area contributed by atoms with Crippen LogP contribution in [0.2, 0.25) is 0 Å². The zero-order valence-corrected chi connectivity index (χ0v) is 35.7. The fourth-order valence-corrected chi connectivity index (χ4v) is 4.35. The molecule has 1 heterocycles. The van der Waals surface area contributed by atoms with Crippen LogP contribution in [-0.2, 0) is 71.6 Å². The van der Waals surface area contributed by atoms with Gasteiger partial charge in [0.15, 0.2) is 0 Å². The van der Waals surface area contributed by atoms with Crippen LogP contribution in [0, 0.1) is 0 Å². The summed E-state index contributed by atoms with van der Waals surface area (Å²) in [5.74, 6) is -1.74. The quantitative estimate of drug-likeness (QED) is 0.0126. The molecule has 0 fully saturated rings. The second-order valence-electron chi connectivity index (χ2n) is 11.8. The highest BCUT2D eigenvalue weighted by Gasteiger charge is 2.23. The number of hydrogen-bond donors (Lipinski definition) is 9. The standard InChI is InChI=1S/C18H34N4O8S.C17H26N4O7S/c1-15(23)19-3-5-27-7-9-29-12-17(25)20-4-6-28-8-10-30-13-18(26)22-14-21-16(24)2-11-31;22-13(3-6-21-16(25)1-2-17(21)26)18-5-7-27-8-9-28-11-15(24)20-12-19-14(23)4-10-29/h31H,2-14H2,1H3,(H,19,23)(H,20,25)(H,21,24)(H,22,26);1-2,29H,3-12H2,(H,18,22)(H,19,23)(H,20,24). The molecule has 25 heteroatoms. The smallest absolute Gasteiger partial charge is 0.253 e. The van der Waals surface area contributed by atoms with Crippen molar-refractivity contribution >= 4 is 78.4 Å². The van der Waals surface area contributed by atoms with E-state index in [1.807, 2.05) is 0 Å². The van der Waals surface area contributed by atoms with Gasteiger partial charge in [0.2, 0.25) is 41.4 Å². The SMILES string of the molecule is CC(=O)NCCOCCOCC(=O)NCCOCCOCC(=O)NCNC(=O)CCS.O=C(CCN1C(=O)C=CC1=O)NCCOCCOCC(=O)NCNC(=O)CCS. The van der Waals surface area contributed by atoms with Crippen LogP contribution in [0.5, 0.6) is 0 Å². The summed E-state index contributed by atoms with van der Waals surface area (Å²) in [4.78, 5) is 103. The van der Waals surface area contributed by atoms with E-state index in [9.17, 15) is 43.2 Å². The van der Waals surface area contributed by atoms with E-state index in [1.54, 1.807) is 0 Å². The van der Waals surface area contributed by atoms with Crippen molar-refractivity contribution in [1.29, 1.82) is 0 Å². The number of thiol groups is 2. The lowest BCUT2D eigenvalue weighted by Gasteiger charge is -2.13. The van der Waals surface area contributed by atoms with Gasteiger partial charge in [-0.15, -0.1) is 0 Å². The zero-order chi connectivity index (χ0) is 44.6. The maximum Gasteiger partial charge on any atom is 0.253 e. The van der Waals surface area contributed by atoms with Gasteiger partial charge in [-0.1, -0.05) is 0 Å². The Morgan fingerprint density at radius 3 is 1.20 bits per heavy atom. The first-order valence-electron chi connectivity index (χ1n) is 19.0. The number of hydrogen-bond acceptors (Lipinski definition) is 17. The van der Waals surface area contributed by atoms with E-state index in [1.165, 1.54) is 19.1 Å². The molecule has 0 aromatic heterocycles. The second-order valence-corrected chi connectivity index (χ2v) is 12.7. The van der Waals surface area contributed by atoms with E-state index in [-0.39, 0.29) is 147 Å². The minimum atomic E-state index is -0.418. The summed E-state index contributed by atoms with van der Waals surface area (Å²) < 4.78 is 31.2. The van der Waals surface area contributed by atoms with Gasteiger partial charge in [0.05, 0.1) is 72.8 Å². The molecule has 0 spiro atoms. The molecule has 23 nitrogen and oxygen atoms in total. The number of carbonyl (C=O) groups excluding carboxylic acids is 9. The van der Waals surface area contributed by atoms with E-state index < -0.39 is 11.8 Å². The van der Waals surface area contributed by atoms with Crippen LogP contribution >= 0.6 is 25.3 Å². The third-order valence-corrected chi connectivity index (χ3v) is 7.30. The van der Waals surface area contributed by atoms with Crippen molar-refractivity contribution in [3.05, 3.63) is 12.2 Å². The number of carbonyl (C=O) groups is 9. The highest BCUT2D eigenvalue weighted by molar-refractivity contribution is 7.80. The van der Waals surface area contributed by atoms with Crippen molar-refractivity contribution in [2.45, 2.75) is 26.2 Å². The third kappa shape index (κ3) is 35.6. The maximum absolute atomic E-state index is 11.7. The molecular weight excluding hydrogens is 837 g/mol. The van der Waals surface area contributed by atoms with E-state index in [0.717, 1.165) is 4.90 Å². The number of amides is 9. The predicted molar refractivity (Wildman–Crippen MR) is 219 cm³/mol. The van der Waals surface area contributed by atoms with Crippen LogP contribution in [0.4, 0.5) is 0 Å². The van der Waals surface area contributed by atoms with Gasteiger partial charge in [-0.3, -0.25) is 48.1 Å². The molecule has 1 aliphatic heterocycles. The molecule has 0 saturated carbocycles. The molecule has 7 N–H and O–H groups in total. The van der Waals surface area contributed by atoms with Crippen molar-refractivity contribution in [3.63, 3.8) is 0 Å². The molecule has 0 radical (unpaired) electrons. The highest BCUT2D eigenvalue weighted by atomic mass is 32.1. The van der Waals surface area contributed by atoms with Crippen molar-refractivity contribution in [1.82, 2.24) is 42.1 Å². The topological polar surface area (TPSA) is 296 Å². The fourth-order valence-electron chi connectivity index (χ4n) is 3.95. The second kappa shape index (κ2) is 38.8. The van der Waals surface area contributed by atoms with Crippen molar-refractivity contribution < 1.29 is 71.6 Å². The van der Waals surface area contributed by atoms with Gasteiger partial charge in [-0.05, 0) is 11.5 Å². The van der Waals surface area contributed by atoms with Crippen LogP contribution in [0.25, 0.3) is 0 Å². The average Bonchev–Trinajstić information content (AvgIpc) is 3.53. The van der Waals surface area contributed by atoms with Crippen LogP contribution in [-0.4, -0.2) is 188 Å². The number of ether oxygens (including phenoxy) is 6. The summed E-state index contributed by atoms with van der Waals surface area (Å²) in [5.41, 5.74) is 0. The summed E-state index contributed by atoms with van der Waals surface area (Å²) in [6.45, 7) is 4.64. The van der Waals surface area contributed by atoms with Crippen LogP contribution in [0.1, 0.15) is 26.2 Å². The monoisotopic (exact) mass is 896 g/mol. The van der Waals surface area contributed by atoms with Gasteiger partial charge < -0.3 is 65.6 Å². The third-order valence-electron chi connectivity index (χ3n) is 6.86. The van der Waals surface area contributed by atoms with Gasteiger partial charge in [-0.2, -0.15) is 25.3 Å². The molecule has 0 saturated heterocycles. The first-order valence-corrected chi connectivity index (χ1v) is 20.2. The Kier molecular flexibility index (Phi) is 36.0. The Balaban J connectivity index is 0.00000116. The number of imide groups is 1. The van der Waals surface area contributed by atoms with E-state index in [0.29, 0.717) is 44.4 Å². The lowest BCUT2D eigenvalue weighted by atomic mass is 10.3. The minimum Gasteiger partial charge on any atom is -0.377 e. The maximum atomic E-state index is 11.7. The molecule has 9 amide bonds. The van der Waals surface area contributed by atoms with Gasteiger partial charge in [0, 0.05) is 64.5 Å². The minimum absolute atomic E-state index is 0.0203. The lowest BCUT2D eigenvalue weighted by Crippen LogP contribution is -2.39. The molecule has 1 rings (SSSR count). The first kappa shape index (κ1) is 55.6. The summed E-state index contributed by atoms with van der Waals surface area (Å²) >= 11 is 7.86. The summed E-state index contributed by atoms with van der Waals surface area (Å²) in [6.07, 6.45) is 2.93. The summed E-state index contributed by atoms with van der Waals surface area (Å²) in [5, 5.41) is 17.8. The molecule has 60 heavy (non-hydrogen) atoms. The van der Waals surface area contributed by atoms with Gasteiger partial charge in [0.25, 0.3) is 11.8 Å². The molecule has 0 atom stereocenters. The predicted octanol–water partition coefficient (Wildman–Crippen LogP) is -4.22. The Morgan fingerprint density at radius 1 is 0.467 bits per heavy atom. The van der Waals surface area contributed by atoms with Crippen molar-refractivity contribution in [3.8, 4) is 0 Å². The number of nitrogens with zero attached hydrogens (tertiary/aromatic N) is 1. The normalized spacial score (nSPS) is 11.6. The van der Waals surface area contributed by atoms with Crippen molar-refractivity contribution in [2.24, 2.45) is 0 Å². The van der Waals surface area contributed by atoms with Crippen LogP contribution in [0.15, 0.2) is 12.2 Å². The largest absolute Gasteiger partial charge is 0.377 e. The average molecular weight is 897 g/mol. The van der Waals surface area contributed by atoms with E-state index >= 15 is 0 Å². The molecule has 1 aliphatic rings. The molecule has 0 unspecified atom stereocenters. The first-order chi connectivity index (χ1) is 28.9. The Morgan fingerprint density at radius 2 is 0.800 bits per heavy atom.